The first-order valence-corrected chi connectivity index (χ1v) is 10.9. The smallest absolute Gasteiger partial charge is 0.272 e. The summed E-state index contributed by atoms with van der Waals surface area (Å²) in [5.74, 6) is 1.27. The van der Waals surface area contributed by atoms with Crippen molar-refractivity contribution < 1.29 is 9.53 Å². The van der Waals surface area contributed by atoms with Crippen LogP contribution >= 0.6 is 11.5 Å². The van der Waals surface area contributed by atoms with Crippen LogP contribution in [0.15, 0.2) is 41.9 Å². The van der Waals surface area contributed by atoms with Crippen molar-refractivity contribution in [3.05, 3.63) is 64.3 Å². The van der Waals surface area contributed by atoms with E-state index >= 15 is 0 Å². The van der Waals surface area contributed by atoms with Gasteiger partial charge in [-0.3, -0.25) is 4.79 Å². The molecule has 1 aliphatic rings. The van der Waals surface area contributed by atoms with Crippen LogP contribution in [-0.4, -0.2) is 39.7 Å². The fourth-order valence-corrected chi connectivity index (χ4v) is 4.04. The molecule has 1 N–H and O–H groups in total. The molecule has 2 aromatic heterocycles. The van der Waals surface area contributed by atoms with Gasteiger partial charge in [-0.05, 0) is 48.3 Å². The van der Waals surface area contributed by atoms with Gasteiger partial charge in [-0.25, -0.2) is 4.37 Å². The second-order valence-electron chi connectivity index (χ2n) is 7.40. The summed E-state index contributed by atoms with van der Waals surface area (Å²) in [6.07, 6.45) is 3.51. The number of carbonyl (C=O) groups excluding carboxylic acids is 1. The van der Waals surface area contributed by atoms with Gasteiger partial charge in [0.15, 0.2) is 11.5 Å². The number of anilines is 1. The zero-order chi connectivity index (χ0) is 21.6. The Morgan fingerprint density at radius 1 is 1.32 bits per heavy atom. The van der Waals surface area contributed by atoms with Gasteiger partial charge in [-0.2, -0.15) is 5.26 Å². The zero-order valence-corrected chi connectivity index (χ0v) is 17.9. The molecule has 0 aliphatic carbocycles. The van der Waals surface area contributed by atoms with E-state index in [4.69, 9.17) is 10.00 Å². The van der Waals surface area contributed by atoms with Gasteiger partial charge in [0.05, 0.1) is 11.6 Å². The molecule has 1 aliphatic heterocycles. The third-order valence-corrected chi connectivity index (χ3v) is 5.77. The normalized spacial score (nSPS) is 14.1. The number of hydrogen-bond donors (Lipinski definition) is 1. The lowest BCUT2D eigenvalue weighted by Gasteiger charge is -2.33. The molecule has 0 radical (unpaired) electrons. The first-order valence-electron chi connectivity index (χ1n) is 10.0. The lowest BCUT2D eigenvalue weighted by Crippen LogP contribution is -2.39. The van der Waals surface area contributed by atoms with Gasteiger partial charge in [0.25, 0.3) is 5.91 Å². The number of ether oxygens (including phenoxy) is 1. The van der Waals surface area contributed by atoms with E-state index in [1.165, 1.54) is 11.5 Å². The molecule has 1 amide bonds. The maximum Gasteiger partial charge on any atom is 0.272 e. The molecule has 158 valence electrons. The number of nitrogens with zero attached hydrogens (tertiary/aromatic N) is 5. The maximum absolute atomic E-state index is 12.4. The Morgan fingerprint density at radius 2 is 2.16 bits per heavy atom. The average molecular weight is 435 g/mol. The highest BCUT2D eigenvalue weighted by molar-refractivity contribution is 7.03. The number of carbonyl (C=O) groups is 1. The Kier molecular flexibility index (Phi) is 6.38. The molecule has 1 saturated heterocycles. The highest BCUT2D eigenvalue weighted by atomic mass is 32.1. The molecule has 1 fully saturated rings. The van der Waals surface area contributed by atoms with E-state index in [0.29, 0.717) is 17.8 Å². The van der Waals surface area contributed by atoms with Gasteiger partial charge in [0.1, 0.15) is 11.9 Å². The number of rotatable bonds is 6. The Bertz CT molecular complexity index is 1090. The highest BCUT2D eigenvalue weighted by Crippen LogP contribution is 2.24. The summed E-state index contributed by atoms with van der Waals surface area (Å²) in [5, 5.41) is 22.2. The fourth-order valence-electron chi connectivity index (χ4n) is 3.51. The monoisotopic (exact) mass is 434 g/mol. The number of aromatic nitrogens is 3. The van der Waals surface area contributed by atoms with Gasteiger partial charge in [0.2, 0.25) is 0 Å². The van der Waals surface area contributed by atoms with Crippen LogP contribution in [0.25, 0.3) is 0 Å². The van der Waals surface area contributed by atoms with Crippen molar-refractivity contribution in [2.24, 2.45) is 0 Å². The molecule has 3 heterocycles. The summed E-state index contributed by atoms with van der Waals surface area (Å²) >= 11 is 1.35. The van der Waals surface area contributed by atoms with Gasteiger partial charge < -0.3 is 15.0 Å². The van der Waals surface area contributed by atoms with Crippen LogP contribution in [0, 0.1) is 18.3 Å². The van der Waals surface area contributed by atoms with Crippen LogP contribution in [0.3, 0.4) is 0 Å². The number of benzene rings is 1. The quantitative estimate of drug-likeness (QED) is 0.636. The minimum atomic E-state index is -0.250. The summed E-state index contributed by atoms with van der Waals surface area (Å²) in [6, 6.07) is 11.1. The van der Waals surface area contributed by atoms with E-state index in [2.05, 4.69) is 30.9 Å². The Labute approximate surface area is 184 Å². The second-order valence-corrected chi connectivity index (χ2v) is 8.05. The first kappa shape index (κ1) is 20.8. The largest absolute Gasteiger partial charge is 0.490 e. The van der Waals surface area contributed by atoms with Gasteiger partial charge in [-0.1, -0.05) is 6.07 Å². The number of aryl methyl sites for hydroxylation is 1. The van der Waals surface area contributed by atoms with Crippen molar-refractivity contribution in [2.75, 3.05) is 18.0 Å². The van der Waals surface area contributed by atoms with Crippen LogP contribution in [0.4, 0.5) is 5.82 Å². The summed E-state index contributed by atoms with van der Waals surface area (Å²) < 4.78 is 10.1. The Morgan fingerprint density at radius 3 is 2.87 bits per heavy atom. The Hall–Kier alpha value is -3.51. The van der Waals surface area contributed by atoms with E-state index in [-0.39, 0.29) is 12.0 Å². The predicted octanol–water partition coefficient (Wildman–Crippen LogP) is 3.09. The van der Waals surface area contributed by atoms with Crippen molar-refractivity contribution in [1.29, 1.82) is 5.26 Å². The van der Waals surface area contributed by atoms with Crippen LogP contribution in [0.2, 0.25) is 0 Å². The van der Waals surface area contributed by atoms with Gasteiger partial charge in [0, 0.05) is 49.6 Å². The summed E-state index contributed by atoms with van der Waals surface area (Å²) in [7, 11) is 0. The van der Waals surface area contributed by atoms with Crippen LogP contribution in [-0.2, 0) is 6.54 Å². The number of nitrogens with one attached hydrogen (secondary N) is 1. The van der Waals surface area contributed by atoms with Crippen molar-refractivity contribution in [2.45, 2.75) is 32.4 Å². The maximum atomic E-state index is 12.4. The number of amides is 1. The Balaban J connectivity index is 1.33. The third-order valence-electron chi connectivity index (χ3n) is 5.13. The van der Waals surface area contributed by atoms with Gasteiger partial charge in [-0.15, -0.1) is 10.2 Å². The van der Waals surface area contributed by atoms with E-state index in [1.807, 2.05) is 24.4 Å². The van der Waals surface area contributed by atoms with Crippen LogP contribution in [0.1, 0.15) is 40.0 Å². The molecule has 0 atom stereocenters. The number of hydrogen-bond acceptors (Lipinski definition) is 8. The molecule has 3 aromatic rings. The summed E-state index contributed by atoms with van der Waals surface area (Å²) in [4.78, 5) is 14.5. The van der Waals surface area contributed by atoms with Crippen LogP contribution in [0.5, 0.6) is 5.75 Å². The highest BCUT2D eigenvalue weighted by Gasteiger charge is 2.23. The molecule has 0 bridgehead atoms. The lowest BCUT2D eigenvalue weighted by molar-refractivity contribution is 0.0945. The average Bonchev–Trinajstić information content (AvgIpc) is 3.32. The fraction of sp³-hybridized carbons (Fsp3) is 0.318. The zero-order valence-electron chi connectivity index (χ0n) is 17.1. The van der Waals surface area contributed by atoms with Crippen molar-refractivity contribution in [3.63, 3.8) is 0 Å². The first-order chi connectivity index (χ1) is 15.1. The summed E-state index contributed by atoms with van der Waals surface area (Å²) in [5.41, 5.74) is 2.78. The molecule has 0 spiro atoms. The van der Waals surface area contributed by atoms with E-state index in [9.17, 15) is 4.79 Å². The molecule has 0 unspecified atom stereocenters. The molecule has 1 aromatic carbocycles. The minimum Gasteiger partial charge on any atom is -0.490 e. The molecule has 9 heteroatoms. The van der Waals surface area contributed by atoms with Crippen LogP contribution < -0.4 is 15.0 Å². The summed E-state index contributed by atoms with van der Waals surface area (Å²) in [6.45, 7) is 3.94. The topological polar surface area (TPSA) is 104 Å². The minimum absolute atomic E-state index is 0.0927. The number of nitriles is 1. The SMILES string of the molecule is Cc1cc(C(=O)NCc2cnsc2)nnc1N1CCC(Oc2cccc(C#N)c2)CC1. The van der Waals surface area contributed by atoms with E-state index in [0.717, 1.165) is 48.6 Å². The van der Waals surface area contributed by atoms with E-state index < -0.39 is 0 Å². The van der Waals surface area contributed by atoms with E-state index in [1.54, 1.807) is 24.4 Å². The molecular formula is C22H22N6O2S. The third kappa shape index (κ3) is 5.16. The molecule has 8 nitrogen and oxygen atoms in total. The molecule has 31 heavy (non-hydrogen) atoms. The molecule has 0 saturated carbocycles. The number of piperidine rings is 1. The molecular weight excluding hydrogens is 412 g/mol. The van der Waals surface area contributed by atoms with Gasteiger partial charge >= 0.3 is 0 Å². The van der Waals surface area contributed by atoms with Crippen molar-refractivity contribution >= 4 is 23.3 Å². The van der Waals surface area contributed by atoms with Crippen molar-refractivity contribution in [3.8, 4) is 11.8 Å². The van der Waals surface area contributed by atoms with Crippen molar-refractivity contribution in [1.82, 2.24) is 19.9 Å². The standard InChI is InChI=1S/C22H22N6O2S/c1-15-9-20(22(29)24-12-17-13-25-31-14-17)26-27-21(15)28-7-5-18(6-8-28)30-19-4-2-3-16(10-19)11-23/h2-4,9-10,13-14,18H,5-8,12H2,1H3,(H,24,29). The molecule has 4 rings (SSSR count). The predicted molar refractivity (Wildman–Crippen MR) is 117 cm³/mol. The second kappa shape index (κ2) is 9.53. The lowest BCUT2D eigenvalue weighted by atomic mass is 10.1.